The summed E-state index contributed by atoms with van der Waals surface area (Å²) in [5.41, 5.74) is 6.89. The average Bonchev–Trinajstić information content (AvgIpc) is 2.55. The van der Waals surface area contributed by atoms with Crippen molar-refractivity contribution in [1.82, 2.24) is 15.3 Å². The molecule has 22 heavy (non-hydrogen) atoms. The van der Waals surface area contributed by atoms with Crippen LogP contribution in [0, 0.1) is 0 Å². The van der Waals surface area contributed by atoms with Gasteiger partial charge in [-0.1, -0.05) is 0 Å². The van der Waals surface area contributed by atoms with E-state index in [4.69, 9.17) is 15.2 Å². The minimum Gasteiger partial charge on any atom is -0.497 e. The molecule has 0 radical (unpaired) electrons. The molecule has 0 spiro atoms. The molecular formula is C15H18N4O3. The topological polar surface area (TPSA) is 99.4 Å². The number of hydrogen-bond donors (Lipinski definition) is 2. The Hall–Kier alpha value is -2.67. The van der Waals surface area contributed by atoms with Crippen LogP contribution in [0.2, 0.25) is 0 Å². The molecule has 0 aliphatic carbocycles. The van der Waals surface area contributed by atoms with Crippen molar-refractivity contribution in [2.45, 2.75) is 0 Å². The molecule has 0 aliphatic rings. The molecule has 0 bridgehead atoms. The minimum absolute atomic E-state index is 0.135. The van der Waals surface area contributed by atoms with Crippen LogP contribution in [-0.4, -0.2) is 43.2 Å². The Balaban J connectivity index is 2.16. The van der Waals surface area contributed by atoms with Crippen LogP contribution in [0.25, 0.3) is 11.4 Å². The van der Waals surface area contributed by atoms with E-state index in [1.165, 1.54) is 6.20 Å². The predicted molar refractivity (Wildman–Crippen MR) is 82.6 cm³/mol. The molecule has 116 valence electrons. The minimum atomic E-state index is -0.323. The van der Waals surface area contributed by atoms with E-state index in [2.05, 4.69) is 15.3 Å². The van der Waals surface area contributed by atoms with E-state index in [0.29, 0.717) is 19.0 Å². The molecule has 1 heterocycles. The lowest BCUT2D eigenvalue weighted by molar-refractivity contribution is 0.0937. The van der Waals surface area contributed by atoms with E-state index < -0.39 is 0 Å². The Labute approximate surface area is 128 Å². The fraction of sp³-hybridized carbons (Fsp3) is 0.267. The SMILES string of the molecule is COCCNC(=O)c1cnc(-c2ccc(OC)cc2)nc1N. The van der Waals surface area contributed by atoms with E-state index in [-0.39, 0.29) is 17.3 Å². The Kier molecular flexibility index (Phi) is 5.26. The maximum atomic E-state index is 11.9. The summed E-state index contributed by atoms with van der Waals surface area (Å²) in [6, 6.07) is 7.26. The smallest absolute Gasteiger partial charge is 0.256 e. The quantitative estimate of drug-likeness (QED) is 0.775. The molecule has 0 unspecified atom stereocenters. The number of carbonyl (C=O) groups is 1. The lowest BCUT2D eigenvalue weighted by atomic mass is 10.2. The molecule has 1 aromatic heterocycles. The lowest BCUT2D eigenvalue weighted by Crippen LogP contribution is -2.28. The van der Waals surface area contributed by atoms with Gasteiger partial charge in [0.2, 0.25) is 0 Å². The molecule has 2 aromatic rings. The van der Waals surface area contributed by atoms with Gasteiger partial charge >= 0.3 is 0 Å². The first-order valence-electron chi connectivity index (χ1n) is 6.69. The van der Waals surface area contributed by atoms with Crippen LogP contribution in [0.1, 0.15) is 10.4 Å². The fourth-order valence-corrected chi connectivity index (χ4v) is 1.81. The van der Waals surface area contributed by atoms with Gasteiger partial charge in [0.15, 0.2) is 5.82 Å². The predicted octanol–water partition coefficient (Wildman–Crippen LogP) is 1.11. The number of hydrogen-bond acceptors (Lipinski definition) is 6. The summed E-state index contributed by atoms with van der Waals surface area (Å²) >= 11 is 0. The second kappa shape index (κ2) is 7.37. The molecule has 3 N–H and O–H groups in total. The van der Waals surface area contributed by atoms with Gasteiger partial charge in [-0.3, -0.25) is 4.79 Å². The maximum absolute atomic E-state index is 11.9. The van der Waals surface area contributed by atoms with Gasteiger partial charge in [0.05, 0.1) is 19.3 Å². The third kappa shape index (κ3) is 3.70. The third-order valence-corrected chi connectivity index (χ3v) is 3.00. The van der Waals surface area contributed by atoms with Crippen molar-refractivity contribution in [3.8, 4) is 17.1 Å². The van der Waals surface area contributed by atoms with E-state index in [9.17, 15) is 4.79 Å². The number of nitrogens with zero attached hydrogens (tertiary/aromatic N) is 2. The highest BCUT2D eigenvalue weighted by Gasteiger charge is 2.13. The van der Waals surface area contributed by atoms with Crippen molar-refractivity contribution in [2.24, 2.45) is 0 Å². The highest BCUT2D eigenvalue weighted by atomic mass is 16.5. The maximum Gasteiger partial charge on any atom is 0.256 e. The highest BCUT2D eigenvalue weighted by Crippen LogP contribution is 2.20. The molecule has 1 amide bonds. The zero-order valence-electron chi connectivity index (χ0n) is 12.5. The summed E-state index contributed by atoms with van der Waals surface area (Å²) in [7, 11) is 3.16. The number of aromatic nitrogens is 2. The number of benzene rings is 1. The van der Waals surface area contributed by atoms with Crippen molar-refractivity contribution in [1.29, 1.82) is 0 Å². The molecular weight excluding hydrogens is 284 g/mol. The van der Waals surface area contributed by atoms with E-state index in [1.807, 2.05) is 12.1 Å². The Bertz CT molecular complexity index is 644. The number of nitrogens with one attached hydrogen (secondary N) is 1. The van der Waals surface area contributed by atoms with E-state index >= 15 is 0 Å². The Morgan fingerprint density at radius 1 is 1.27 bits per heavy atom. The third-order valence-electron chi connectivity index (χ3n) is 3.00. The molecule has 0 saturated heterocycles. The summed E-state index contributed by atoms with van der Waals surface area (Å²) in [4.78, 5) is 20.3. The van der Waals surface area contributed by atoms with Crippen molar-refractivity contribution >= 4 is 11.7 Å². The normalized spacial score (nSPS) is 10.3. The van der Waals surface area contributed by atoms with Crippen molar-refractivity contribution in [3.63, 3.8) is 0 Å². The highest BCUT2D eigenvalue weighted by molar-refractivity contribution is 5.98. The van der Waals surface area contributed by atoms with E-state index in [0.717, 1.165) is 11.3 Å². The summed E-state index contributed by atoms with van der Waals surface area (Å²) < 4.78 is 9.96. The number of amides is 1. The number of rotatable bonds is 6. The molecule has 7 heteroatoms. The van der Waals surface area contributed by atoms with Gasteiger partial charge < -0.3 is 20.5 Å². The Morgan fingerprint density at radius 2 is 2.00 bits per heavy atom. The summed E-state index contributed by atoms with van der Waals surface area (Å²) in [6.45, 7) is 0.825. The fourth-order valence-electron chi connectivity index (χ4n) is 1.81. The number of carbonyl (C=O) groups excluding carboxylic acids is 1. The molecule has 0 saturated carbocycles. The number of anilines is 1. The van der Waals surface area contributed by atoms with Gasteiger partial charge in [0.1, 0.15) is 11.6 Å². The van der Waals surface area contributed by atoms with E-state index in [1.54, 1.807) is 26.4 Å². The molecule has 0 aliphatic heterocycles. The van der Waals surface area contributed by atoms with Crippen LogP contribution in [0.15, 0.2) is 30.5 Å². The van der Waals surface area contributed by atoms with Gasteiger partial charge in [-0.05, 0) is 24.3 Å². The summed E-state index contributed by atoms with van der Waals surface area (Å²) in [6.07, 6.45) is 1.42. The van der Waals surface area contributed by atoms with Crippen molar-refractivity contribution in [2.75, 3.05) is 33.1 Å². The lowest BCUT2D eigenvalue weighted by Gasteiger charge is -2.08. The monoisotopic (exact) mass is 302 g/mol. The Morgan fingerprint density at radius 3 is 2.59 bits per heavy atom. The molecule has 0 fully saturated rings. The van der Waals surface area contributed by atoms with Gasteiger partial charge in [-0.2, -0.15) is 0 Å². The molecule has 2 rings (SSSR count). The van der Waals surface area contributed by atoms with Crippen molar-refractivity contribution < 1.29 is 14.3 Å². The van der Waals surface area contributed by atoms with Crippen LogP contribution in [0.4, 0.5) is 5.82 Å². The zero-order chi connectivity index (χ0) is 15.9. The van der Waals surface area contributed by atoms with Gasteiger partial charge in [-0.15, -0.1) is 0 Å². The summed E-state index contributed by atoms with van der Waals surface area (Å²) in [5.74, 6) is 1.01. The standard InChI is InChI=1S/C15H18N4O3/c1-21-8-7-17-15(20)12-9-18-14(19-13(12)16)10-3-5-11(22-2)6-4-10/h3-6,9H,7-8H2,1-2H3,(H,17,20)(H2,16,18,19). The molecule has 1 aromatic carbocycles. The first-order valence-corrected chi connectivity index (χ1v) is 6.69. The molecule has 7 nitrogen and oxygen atoms in total. The number of nitrogen functional groups attached to an aromatic ring is 1. The second-order valence-corrected chi connectivity index (χ2v) is 4.47. The number of nitrogens with two attached hydrogens (primary N) is 1. The largest absolute Gasteiger partial charge is 0.497 e. The summed E-state index contributed by atoms with van der Waals surface area (Å²) in [5, 5.41) is 2.67. The average molecular weight is 302 g/mol. The van der Waals surface area contributed by atoms with Crippen LogP contribution in [-0.2, 0) is 4.74 Å². The first kappa shape index (κ1) is 15.7. The number of ether oxygens (including phenoxy) is 2. The number of methoxy groups -OCH3 is 2. The van der Waals surface area contributed by atoms with Crippen LogP contribution < -0.4 is 15.8 Å². The van der Waals surface area contributed by atoms with Crippen molar-refractivity contribution in [3.05, 3.63) is 36.0 Å². The second-order valence-electron chi connectivity index (χ2n) is 4.47. The van der Waals surface area contributed by atoms with Gasteiger partial charge in [0, 0.05) is 25.4 Å². The van der Waals surface area contributed by atoms with Crippen LogP contribution in [0.3, 0.4) is 0 Å². The first-order chi connectivity index (χ1) is 10.7. The molecule has 0 atom stereocenters. The van der Waals surface area contributed by atoms with Gasteiger partial charge in [0.25, 0.3) is 5.91 Å². The van der Waals surface area contributed by atoms with Crippen LogP contribution in [0.5, 0.6) is 5.75 Å². The zero-order valence-corrected chi connectivity index (χ0v) is 12.5. The van der Waals surface area contributed by atoms with Gasteiger partial charge in [-0.25, -0.2) is 9.97 Å². The van der Waals surface area contributed by atoms with Crippen LogP contribution >= 0.6 is 0 Å².